The summed E-state index contributed by atoms with van der Waals surface area (Å²) in [6.07, 6.45) is 0.957. The topological polar surface area (TPSA) is 96.2 Å². The molecule has 0 saturated carbocycles. The van der Waals surface area contributed by atoms with Crippen molar-refractivity contribution in [1.29, 1.82) is 0 Å². The molecule has 156 valence electrons. The van der Waals surface area contributed by atoms with E-state index in [0.717, 1.165) is 30.8 Å². The van der Waals surface area contributed by atoms with Crippen molar-refractivity contribution in [3.05, 3.63) is 70.3 Å². The van der Waals surface area contributed by atoms with Gasteiger partial charge in [0.1, 0.15) is 5.82 Å². The van der Waals surface area contributed by atoms with E-state index >= 15 is 0 Å². The molecule has 0 radical (unpaired) electrons. The molecule has 3 rings (SSSR count). The maximum Gasteiger partial charge on any atom is 0.274 e. The van der Waals surface area contributed by atoms with Gasteiger partial charge in [0.2, 0.25) is 5.95 Å². The third kappa shape index (κ3) is 5.51. The van der Waals surface area contributed by atoms with Crippen LogP contribution in [0.15, 0.2) is 54.6 Å². The van der Waals surface area contributed by atoms with Crippen LogP contribution >= 0.6 is 0 Å². The number of hydrogen-bond acceptors (Lipinski definition) is 7. The van der Waals surface area contributed by atoms with Crippen LogP contribution in [0.3, 0.4) is 0 Å². The first-order valence-electron chi connectivity index (χ1n) is 9.78. The Labute approximate surface area is 176 Å². The quantitative estimate of drug-likeness (QED) is 0.307. The maximum atomic E-state index is 11.3. The number of nitrogens with zero attached hydrogens (tertiary/aromatic N) is 4. The first-order chi connectivity index (χ1) is 14.4. The lowest BCUT2D eigenvalue weighted by atomic mass is 10.1. The van der Waals surface area contributed by atoms with Crippen LogP contribution in [-0.2, 0) is 0 Å². The molecule has 1 aromatic heterocycles. The third-order valence-corrected chi connectivity index (χ3v) is 4.63. The number of anilines is 3. The average Bonchev–Trinajstić information content (AvgIpc) is 2.73. The largest absolute Gasteiger partial charge is 0.354 e. The number of nitrogens with one attached hydrogen (secondary N) is 2. The van der Waals surface area contributed by atoms with Gasteiger partial charge in [-0.1, -0.05) is 36.4 Å². The number of aromatic nitrogens is 2. The molecule has 0 aliphatic heterocycles. The molecule has 0 aliphatic carbocycles. The van der Waals surface area contributed by atoms with Crippen LogP contribution in [0.2, 0.25) is 0 Å². The molecule has 0 unspecified atom stereocenters. The Bertz CT molecular complexity index is 1010. The zero-order valence-corrected chi connectivity index (χ0v) is 17.4. The molecule has 0 amide bonds. The van der Waals surface area contributed by atoms with Gasteiger partial charge < -0.3 is 15.5 Å². The van der Waals surface area contributed by atoms with E-state index in [4.69, 9.17) is 0 Å². The molecule has 8 nitrogen and oxygen atoms in total. The second kappa shape index (κ2) is 9.80. The lowest BCUT2D eigenvalue weighted by Gasteiger charge is -2.14. The molecule has 30 heavy (non-hydrogen) atoms. The van der Waals surface area contributed by atoms with Crippen molar-refractivity contribution in [2.24, 2.45) is 0 Å². The average molecular weight is 406 g/mol. The minimum absolute atomic E-state index is 0.0689. The van der Waals surface area contributed by atoms with E-state index in [1.165, 1.54) is 6.07 Å². The summed E-state index contributed by atoms with van der Waals surface area (Å²) < 4.78 is 0. The highest BCUT2D eigenvalue weighted by atomic mass is 16.6. The molecule has 8 heteroatoms. The predicted molar refractivity (Wildman–Crippen MR) is 120 cm³/mol. The minimum atomic E-state index is -0.381. The van der Waals surface area contributed by atoms with Crippen molar-refractivity contribution in [2.75, 3.05) is 37.8 Å². The zero-order valence-electron chi connectivity index (χ0n) is 17.4. The number of hydrogen-bond donors (Lipinski definition) is 2. The summed E-state index contributed by atoms with van der Waals surface area (Å²) in [7, 11) is 4.08. The molecule has 2 N–H and O–H groups in total. The predicted octanol–water partition coefficient (Wildman–Crippen LogP) is 4.47. The van der Waals surface area contributed by atoms with Gasteiger partial charge in [0, 0.05) is 29.9 Å². The highest BCUT2D eigenvalue weighted by Gasteiger charge is 2.14. The fourth-order valence-corrected chi connectivity index (χ4v) is 3.04. The van der Waals surface area contributed by atoms with Gasteiger partial charge in [-0.25, -0.2) is 4.98 Å². The Morgan fingerprint density at radius 1 is 1.07 bits per heavy atom. The van der Waals surface area contributed by atoms with Gasteiger partial charge in [-0.3, -0.25) is 10.1 Å². The Kier molecular flexibility index (Phi) is 6.92. The normalized spacial score (nSPS) is 10.8. The van der Waals surface area contributed by atoms with E-state index in [1.54, 1.807) is 19.1 Å². The number of rotatable bonds is 9. The molecule has 0 saturated heterocycles. The number of nitro benzene ring substituents is 1. The molecule has 0 bridgehead atoms. The number of nitro groups is 1. The summed E-state index contributed by atoms with van der Waals surface area (Å²) in [5, 5.41) is 17.8. The van der Waals surface area contributed by atoms with Gasteiger partial charge in [-0.15, -0.1) is 0 Å². The summed E-state index contributed by atoms with van der Waals surface area (Å²) >= 11 is 0. The van der Waals surface area contributed by atoms with Crippen LogP contribution in [0.1, 0.15) is 12.0 Å². The number of benzene rings is 2. The fraction of sp³-hybridized carbons (Fsp3) is 0.273. The van der Waals surface area contributed by atoms with Gasteiger partial charge in [-0.2, -0.15) is 4.98 Å². The Morgan fingerprint density at radius 2 is 1.83 bits per heavy atom. The second-order valence-electron chi connectivity index (χ2n) is 7.24. The summed E-state index contributed by atoms with van der Waals surface area (Å²) in [6, 6.07) is 16.6. The van der Waals surface area contributed by atoms with E-state index in [2.05, 4.69) is 25.5 Å². The lowest BCUT2D eigenvalue weighted by Crippen LogP contribution is -2.17. The Balaban J connectivity index is 1.90. The van der Waals surface area contributed by atoms with E-state index in [0.29, 0.717) is 23.0 Å². The summed E-state index contributed by atoms with van der Waals surface area (Å²) in [4.78, 5) is 22.2. The minimum Gasteiger partial charge on any atom is -0.354 e. The molecule has 0 aliphatic rings. The molecular formula is C22H26N6O2. The van der Waals surface area contributed by atoms with Crippen molar-refractivity contribution in [2.45, 2.75) is 13.3 Å². The summed E-state index contributed by atoms with van der Waals surface area (Å²) in [5.74, 6) is 1.09. The van der Waals surface area contributed by atoms with Crippen molar-refractivity contribution in [3.63, 3.8) is 0 Å². The molecule has 1 heterocycles. The highest BCUT2D eigenvalue weighted by molar-refractivity contribution is 5.70. The molecule has 3 aromatic rings. The maximum absolute atomic E-state index is 11.3. The third-order valence-electron chi connectivity index (χ3n) is 4.63. The SMILES string of the molecule is Cc1c(Nc2cc(-c3ccccc3)nc(NCCCN(C)C)n2)cccc1[N+](=O)[O-]. The standard InChI is InChI=1S/C22H26N6O2/c1-16-18(11-7-12-20(16)28(29)30)24-21-15-19(17-9-5-4-6-10-17)25-22(26-21)23-13-8-14-27(2)3/h4-7,9-12,15H,8,13-14H2,1-3H3,(H2,23,24,25,26). The van der Waals surface area contributed by atoms with E-state index in [9.17, 15) is 10.1 Å². The van der Waals surface area contributed by atoms with Crippen LogP contribution in [0.25, 0.3) is 11.3 Å². The van der Waals surface area contributed by atoms with Gasteiger partial charge in [0.15, 0.2) is 0 Å². The summed E-state index contributed by atoms with van der Waals surface area (Å²) in [5.41, 5.74) is 3.00. The second-order valence-corrected chi connectivity index (χ2v) is 7.24. The van der Waals surface area contributed by atoms with E-state index in [-0.39, 0.29) is 10.6 Å². The molecule has 2 aromatic carbocycles. The van der Waals surface area contributed by atoms with E-state index < -0.39 is 0 Å². The first-order valence-corrected chi connectivity index (χ1v) is 9.78. The molecule has 0 spiro atoms. The zero-order chi connectivity index (χ0) is 21.5. The first kappa shape index (κ1) is 21.2. The van der Waals surface area contributed by atoms with E-state index in [1.807, 2.05) is 50.5 Å². The van der Waals surface area contributed by atoms with Crippen molar-refractivity contribution < 1.29 is 4.92 Å². The van der Waals surface area contributed by atoms with Crippen LogP contribution in [0.4, 0.5) is 23.1 Å². The van der Waals surface area contributed by atoms with Gasteiger partial charge in [0.05, 0.1) is 16.2 Å². The smallest absolute Gasteiger partial charge is 0.274 e. The molecule has 0 fully saturated rings. The molecule has 0 atom stereocenters. The van der Waals surface area contributed by atoms with Crippen LogP contribution in [0, 0.1) is 17.0 Å². The monoisotopic (exact) mass is 406 g/mol. The highest BCUT2D eigenvalue weighted by Crippen LogP contribution is 2.29. The van der Waals surface area contributed by atoms with Crippen molar-refractivity contribution >= 4 is 23.1 Å². The van der Waals surface area contributed by atoms with Gasteiger partial charge >= 0.3 is 0 Å². The lowest BCUT2D eigenvalue weighted by molar-refractivity contribution is -0.385. The Morgan fingerprint density at radius 3 is 2.53 bits per heavy atom. The van der Waals surface area contributed by atoms with Crippen molar-refractivity contribution in [1.82, 2.24) is 14.9 Å². The Hall–Kier alpha value is -3.52. The van der Waals surface area contributed by atoms with Crippen LogP contribution in [-0.4, -0.2) is 47.0 Å². The van der Waals surface area contributed by atoms with Crippen molar-refractivity contribution in [3.8, 4) is 11.3 Å². The van der Waals surface area contributed by atoms with Crippen LogP contribution < -0.4 is 10.6 Å². The summed E-state index contributed by atoms with van der Waals surface area (Å²) in [6.45, 7) is 3.43. The van der Waals surface area contributed by atoms with Gasteiger partial charge in [-0.05, 0) is 40.1 Å². The fourth-order valence-electron chi connectivity index (χ4n) is 3.04. The van der Waals surface area contributed by atoms with Crippen LogP contribution in [0.5, 0.6) is 0 Å². The molecular weight excluding hydrogens is 380 g/mol. The van der Waals surface area contributed by atoms with Gasteiger partial charge in [0.25, 0.3) is 5.69 Å².